The Bertz CT molecular complexity index is 868. The van der Waals surface area contributed by atoms with Crippen LogP contribution in [-0.2, 0) is 19.1 Å². The Hall–Kier alpha value is -1.06. The third-order valence-electron chi connectivity index (χ3n) is 13.3. The first-order valence-corrected chi connectivity index (χ1v) is 14.6. The van der Waals surface area contributed by atoms with Crippen molar-refractivity contribution in [2.45, 2.75) is 65.2 Å². The smallest absolute Gasteiger partial charge is 0.308 e. The molecule has 0 saturated heterocycles. The number of carbonyl (C=O) groups excluding carboxylic acids is 2. The molecule has 16 unspecified atom stereocenters. The number of methoxy groups -OCH3 is 2. The van der Waals surface area contributed by atoms with Gasteiger partial charge >= 0.3 is 11.9 Å². The predicted molar refractivity (Wildman–Crippen MR) is 128 cm³/mol. The Morgan fingerprint density at radius 3 is 1.44 bits per heavy atom. The van der Waals surface area contributed by atoms with Crippen molar-refractivity contribution in [1.82, 2.24) is 0 Å². The first-order chi connectivity index (χ1) is 16.4. The summed E-state index contributed by atoms with van der Waals surface area (Å²) < 4.78 is 10.0. The third kappa shape index (κ3) is 2.83. The topological polar surface area (TPSA) is 52.6 Å². The van der Waals surface area contributed by atoms with Crippen LogP contribution in [0.2, 0.25) is 0 Å². The summed E-state index contributed by atoms with van der Waals surface area (Å²) in [6, 6.07) is 0. The summed E-state index contributed by atoms with van der Waals surface area (Å²) in [5, 5.41) is 0. The van der Waals surface area contributed by atoms with Gasteiger partial charge in [0, 0.05) is 0 Å². The molecule has 0 aromatic heterocycles. The zero-order chi connectivity index (χ0) is 23.5. The molecule has 8 fully saturated rings. The lowest BCUT2D eigenvalue weighted by Gasteiger charge is -2.40. The van der Waals surface area contributed by atoms with E-state index >= 15 is 0 Å². The van der Waals surface area contributed by atoms with E-state index in [9.17, 15) is 9.59 Å². The fourth-order valence-electron chi connectivity index (χ4n) is 12.7. The molecule has 8 aliphatic rings. The van der Waals surface area contributed by atoms with Crippen LogP contribution in [0.4, 0.5) is 0 Å². The zero-order valence-corrected chi connectivity index (χ0v) is 21.5. The molecule has 34 heavy (non-hydrogen) atoms. The maximum atomic E-state index is 11.9. The molecule has 0 heterocycles. The first kappa shape index (κ1) is 22.2. The minimum absolute atomic E-state index is 0.0753. The van der Waals surface area contributed by atoms with E-state index < -0.39 is 0 Å². The molecule has 0 aromatic carbocycles. The zero-order valence-electron chi connectivity index (χ0n) is 21.5. The van der Waals surface area contributed by atoms with Crippen LogP contribution in [0.25, 0.3) is 0 Å². The Morgan fingerprint density at radius 1 is 0.500 bits per heavy atom. The number of hydrogen-bond acceptors (Lipinski definition) is 4. The van der Waals surface area contributed by atoms with Crippen LogP contribution in [0.5, 0.6) is 0 Å². The molecule has 188 valence electrons. The summed E-state index contributed by atoms with van der Waals surface area (Å²) in [6.07, 6.45) is 10.8. The second-order valence-corrected chi connectivity index (χ2v) is 14.1. The van der Waals surface area contributed by atoms with Crippen LogP contribution in [-0.4, -0.2) is 26.2 Å². The Morgan fingerprint density at radius 2 is 0.882 bits per heavy atom. The molecule has 0 amide bonds. The standard InChI is InChI=1S/2C15H22O2/c1-7-3-8-4-10(7)13-9-5-11(14(8)13)12(6-9)15(16)17-2;1-7-3-8-4-10(7)14-11-5-9(13(8)14)6-12(11)15(16)17-2/h2*7-14H,3-6H2,1-2H3. The Kier molecular flexibility index (Phi) is 5.03. The maximum absolute atomic E-state index is 11.9. The van der Waals surface area contributed by atoms with Crippen molar-refractivity contribution in [3.8, 4) is 0 Å². The monoisotopic (exact) mass is 468 g/mol. The number of fused-ring (bicyclic) bond motifs is 18. The van der Waals surface area contributed by atoms with Crippen LogP contribution in [0.15, 0.2) is 0 Å². The Balaban J connectivity index is 0.000000118. The van der Waals surface area contributed by atoms with Crippen molar-refractivity contribution in [3.05, 3.63) is 0 Å². The van der Waals surface area contributed by atoms with E-state index in [4.69, 9.17) is 9.47 Å². The highest BCUT2D eigenvalue weighted by molar-refractivity contribution is 5.74. The minimum atomic E-state index is 0.0753. The number of rotatable bonds is 2. The average molecular weight is 469 g/mol. The molecule has 16 atom stereocenters. The van der Waals surface area contributed by atoms with E-state index in [1.165, 1.54) is 38.5 Å². The quantitative estimate of drug-likeness (QED) is 0.400. The average Bonchev–Trinajstić information content (AvgIpc) is 3.66. The molecule has 0 radical (unpaired) electrons. The van der Waals surface area contributed by atoms with E-state index in [1.807, 2.05) is 0 Å². The lowest BCUT2D eigenvalue weighted by molar-refractivity contribution is -0.150. The largest absolute Gasteiger partial charge is 0.469 e. The summed E-state index contributed by atoms with van der Waals surface area (Å²) in [7, 11) is 3.10. The molecule has 4 nitrogen and oxygen atoms in total. The maximum Gasteiger partial charge on any atom is 0.308 e. The van der Waals surface area contributed by atoms with Gasteiger partial charge < -0.3 is 9.47 Å². The van der Waals surface area contributed by atoms with Crippen molar-refractivity contribution in [2.75, 3.05) is 14.2 Å². The van der Waals surface area contributed by atoms with E-state index in [0.29, 0.717) is 11.8 Å². The van der Waals surface area contributed by atoms with Gasteiger partial charge in [-0.3, -0.25) is 9.59 Å². The predicted octanol–water partition coefficient (Wildman–Crippen LogP) is 5.45. The van der Waals surface area contributed by atoms with E-state index in [2.05, 4.69) is 13.8 Å². The fraction of sp³-hybridized carbons (Fsp3) is 0.933. The first-order valence-electron chi connectivity index (χ1n) is 14.6. The third-order valence-corrected chi connectivity index (χ3v) is 13.3. The highest BCUT2D eigenvalue weighted by Crippen LogP contribution is 2.71. The van der Waals surface area contributed by atoms with Crippen molar-refractivity contribution < 1.29 is 19.1 Å². The van der Waals surface area contributed by atoms with Gasteiger partial charge in [0.1, 0.15) is 0 Å². The number of ether oxygens (including phenoxy) is 2. The molecule has 4 heteroatoms. The van der Waals surface area contributed by atoms with Gasteiger partial charge in [0.25, 0.3) is 0 Å². The van der Waals surface area contributed by atoms with Gasteiger partial charge in [-0.25, -0.2) is 0 Å². The van der Waals surface area contributed by atoms with Gasteiger partial charge in [-0.15, -0.1) is 0 Å². The lowest BCUT2D eigenvalue weighted by Crippen LogP contribution is -2.38. The second-order valence-electron chi connectivity index (χ2n) is 14.1. The van der Waals surface area contributed by atoms with E-state index in [0.717, 1.165) is 83.9 Å². The summed E-state index contributed by atoms with van der Waals surface area (Å²) in [5.41, 5.74) is 0. The summed E-state index contributed by atoms with van der Waals surface area (Å²) in [6.45, 7) is 4.88. The summed E-state index contributed by atoms with van der Waals surface area (Å²) in [5.74, 6) is 13.2. The molecule has 8 aliphatic carbocycles. The molecule has 0 aliphatic heterocycles. The van der Waals surface area contributed by atoms with Gasteiger partial charge in [0.2, 0.25) is 0 Å². The van der Waals surface area contributed by atoms with Crippen LogP contribution in [0.1, 0.15) is 65.2 Å². The van der Waals surface area contributed by atoms with Crippen molar-refractivity contribution in [1.29, 1.82) is 0 Å². The van der Waals surface area contributed by atoms with Crippen LogP contribution < -0.4 is 0 Å². The van der Waals surface area contributed by atoms with Crippen molar-refractivity contribution >= 4 is 11.9 Å². The van der Waals surface area contributed by atoms with Gasteiger partial charge in [-0.05, 0) is 134 Å². The van der Waals surface area contributed by atoms with Crippen molar-refractivity contribution in [2.24, 2.45) is 94.7 Å². The van der Waals surface area contributed by atoms with Gasteiger partial charge in [0.15, 0.2) is 0 Å². The van der Waals surface area contributed by atoms with Gasteiger partial charge in [0.05, 0.1) is 26.1 Å². The SMILES string of the molecule is COC(=O)C1CC2CC1C1C3CC(C)C(C3)C21.COC(=O)C1CC2CC1C1C3CC(CC3C)C21. The molecule has 0 N–H and O–H groups in total. The molecule has 0 aromatic rings. The van der Waals surface area contributed by atoms with E-state index in [1.54, 1.807) is 14.2 Å². The van der Waals surface area contributed by atoms with Crippen LogP contribution in [0, 0.1) is 94.7 Å². The van der Waals surface area contributed by atoms with Crippen LogP contribution >= 0.6 is 0 Å². The number of hydrogen-bond donors (Lipinski definition) is 0. The molecule has 8 bridgehead atoms. The van der Waals surface area contributed by atoms with Gasteiger partial charge in [-0.2, -0.15) is 0 Å². The highest BCUT2D eigenvalue weighted by atomic mass is 16.5. The molecular weight excluding hydrogens is 424 g/mol. The number of esters is 2. The number of carbonyl (C=O) groups is 2. The highest BCUT2D eigenvalue weighted by Gasteiger charge is 2.66. The normalized spacial score (nSPS) is 58.5. The minimum Gasteiger partial charge on any atom is -0.469 e. The molecule has 0 spiro atoms. The van der Waals surface area contributed by atoms with E-state index in [-0.39, 0.29) is 23.8 Å². The Labute approximate surface area is 205 Å². The van der Waals surface area contributed by atoms with Crippen LogP contribution in [0.3, 0.4) is 0 Å². The molecule has 8 saturated carbocycles. The molecule has 8 rings (SSSR count). The second kappa shape index (κ2) is 7.72. The molecular formula is C30H44O4. The lowest BCUT2D eigenvalue weighted by atomic mass is 9.65. The summed E-state index contributed by atoms with van der Waals surface area (Å²) in [4.78, 5) is 23.7. The van der Waals surface area contributed by atoms with Crippen molar-refractivity contribution in [3.63, 3.8) is 0 Å². The fourth-order valence-corrected chi connectivity index (χ4v) is 12.7. The van der Waals surface area contributed by atoms with Gasteiger partial charge in [-0.1, -0.05) is 13.8 Å². The summed E-state index contributed by atoms with van der Waals surface area (Å²) >= 11 is 0.